The largest absolute Gasteiger partial charge is 0.481 e. The Labute approximate surface area is 121 Å². The van der Waals surface area contributed by atoms with E-state index >= 15 is 0 Å². The van der Waals surface area contributed by atoms with E-state index in [2.05, 4.69) is 10.6 Å². The summed E-state index contributed by atoms with van der Waals surface area (Å²) in [7, 11) is 0. The molecule has 3 unspecified atom stereocenters. The number of urea groups is 1. The zero-order chi connectivity index (χ0) is 15.1. The summed E-state index contributed by atoms with van der Waals surface area (Å²) in [5.41, 5.74) is 0. The van der Waals surface area contributed by atoms with Crippen LogP contribution in [0.2, 0.25) is 0 Å². The van der Waals surface area contributed by atoms with Crippen molar-refractivity contribution in [3.8, 4) is 0 Å². The van der Waals surface area contributed by atoms with Gasteiger partial charge >= 0.3 is 12.0 Å². The van der Waals surface area contributed by atoms with Crippen molar-refractivity contribution in [1.82, 2.24) is 10.6 Å². The molecule has 5 heteroatoms. The molecule has 3 atom stereocenters. The quantitative estimate of drug-likeness (QED) is 0.609. The summed E-state index contributed by atoms with van der Waals surface area (Å²) in [6.45, 7) is 5.71. The number of hydrogen-bond donors (Lipinski definition) is 3. The number of rotatable bonds is 9. The van der Waals surface area contributed by atoms with Crippen LogP contribution in [0.15, 0.2) is 0 Å². The minimum absolute atomic E-state index is 0.0733. The van der Waals surface area contributed by atoms with Gasteiger partial charge in [-0.25, -0.2) is 4.79 Å². The van der Waals surface area contributed by atoms with E-state index in [0.29, 0.717) is 6.42 Å². The van der Waals surface area contributed by atoms with Gasteiger partial charge in [0.05, 0.1) is 5.92 Å². The summed E-state index contributed by atoms with van der Waals surface area (Å²) in [6.07, 6.45) is 5.94. The number of amides is 2. The SMILES string of the molecule is CC(CCCC(C)C(=O)O)NC(=O)NC(C)CC1CC1. The van der Waals surface area contributed by atoms with Gasteiger partial charge in [-0.15, -0.1) is 0 Å². The second kappa shape index (κ2) is 8.12. The Balaban J connectivity index is 2.09. The Hall–Kier alpha value is -1.26. The molecular weight excluding hydrogens is 256 g/mol. The van der Waals surface area contributed by atoms with Gasteiger partial charge in [0.15, 0.2) is 0 Å². The van der Waals surface area contributed by atoms with Crippen LogP contribution in [0.25, 0.3) is 0 Å². The first-order valence-corrected chi connectivity index (χ1v) is 7.68. The second-order valence-corrected chi connectivity index (χ2v) is 6.27. The highest BCUT2D eigenvalue weighted by Crippen LogP contribution is 2.33. The highest BCUT2D eigenvalue weighted by atomic mass is 16.4. The summed E-state index contributed by atoms with van der Waals surface area (Å²) in [5, 5.41) is 14.7. The normalized spacial score (nSPS) is 18.9. The van der Waals surface area contributed by atoms with Gasteiger partial charge in [-0.05, 0) is 39.0 Å². The molecule has 3 N–H and O–H groups in total. The molecule has 0 radical (unpaired) electrons. The highest BCUT2D eigenvalue weighted by Gasteiger charge is 2.24. The van der Waals surface area contributed by atoms with Gasteiger partial charge in [-0.2, -0.15) is 0 Å². The first kappa shape index (κ1) is 16.8. The van der Waals surface area contributed by atoms with Crippen molar-refractivity contribution in [3.05, 3.63) is 0 Å². The van der Waals surface area contributed by atoms with Crippen LogP contribution < -0.4 is 10.6 Å². The Kier molecular flexibility index (Phi) is 6.82. The average Bonchev–Trinajstić information content (AvgIpc) is 3.11. The molecule has 0 aromatic heterocycles. The molecule has 1 fully saturated rings. The van der Waals surface area contributed by atoms with E-state index in [1.54, 1.807) is 6.92 Å². The molecule has 1 rings (SSSR count). The summed E-state index contributed by atoms with van der Waals surface area (Å²) in [4.78, 5) is 22.4. The summed E-state index contributed by atoms with van der Waals surface area (Å²) < 4.78 is 0. The molecule has 116 valence electrons. The molecule has 2 amide bonds. The fourth-order valence-corrected chi connectivity index (χ4v) is 2.33. The second-order valence-electron chi connectivity index (χ2n) is 6.27. The molecular formula is C15H28N2O3. The fourth-order valence-electron chi connectivity index (χ4n) is 2.33. The molecule has 0 spiro atoms. The zero-order valence-electron chi connectivity index (χ0n) is 12.8. The molecule has 0 saturated heterocycles. The topological polar surface area (TPSA) is 78.4 Å². The third-order valence-corrected chi connectivity index (χ3v) is 3.83. The van der Waals surface area contributed by atoms with Gasteiger partial charge in [0, 0.05) is 12.1 Å². The Morgan fingerprint density at radius 1 is 1.10 bits per heavy atom. The van der Waals surface area contributed by atoms with Gasteiger partial charge in [-0.3, -0.25) is 4.79 Å². The van der Waals surface area contributed by atoms with Crippen LogP contribution in [0.5, 0.6) is 0 Å². The predicted octanol–water partition coefficient (Wildman–Crippen LogP) is 2.75. The predicted molar refractivity (Wildman–Crippen MR) is 78.6 cm³/mol. The van der Waals surface area contributed by atoms with Crippen LogP contribution in [-0.4, -0.2) is 29.2 Å². The van der Waals surface area contributed by atoms with Gasteiger partial charge in [0.2, 0.25) is 0 Å². The highest BCUT2D eigenvalue weighted by molar-refractivity contribution is 5.74. The van der Waals surface area contributed by atoms with E-state index < -0.39 is 5.97 Å². The minimum Gasteiger partial charge on any atom is -0.481 e. The minimum atomic E-state index is -0.753. The van der Waals surface area contributed by atoms with Crippen LogP contribution in [0.4, 0.5) is 4.79 Å². The molecule has 1 aliphatic rings. The van der Waals surface area contributed by atoms with Crippen molar-refractivity contribution in [2.45, 2.75) is 71.4 Å². The van der Waals surface area contributed by atoms with E-state index in [-0.39, 0.29) is 24.0 Å². The van der Waals surface area contributed by atoms with Crippen molar-refractivity contribution in [1.29, 1.82) is 0 Å². The lowest BCUT2D eigenvalue weighted by molar-refractivity contribution is -0.141. The third-order valence-electron chi connectivity index (χ3n) is 3.83. The number of carbonyl (C=O) groups is 2. The van der Waals surface area contributed by atoms with Crippen LogP contribution >= 0.6 is 0 Å². The lowest BCUT2D eigenvalue weighted by atomic mass is 10.0. The molecule has 0 bridgehead atoms. The number of carboxylic acid groups (broad SMARTS) is 1. The molecule has 1 aliphatic carbocycles. The van der Waals surface area contributed by atoms with E-state index in [4.69, 9.17) is 5.11 Å². The Morgan fingerprint density at radius 3 is 2.25 bits per heavy atom. The average molecular weight is 284 g/mol. The van der Waals surface area contributed by atoms with Crippen molar-refractivity contribution in [3.63, 3.8) is 0 Å². The molecule has 0 aromatic carbocycles. The summed E-state index contributed by atoms with van der Waals surface area (Å²) in [6, 6.07) is 0.183. The lowest BCUT2D eigenvalue weighted by Crippen LogP contribution is -2.44. The van der Waals surface area contributed by atoms with Crippen LogP contribution in [0.3, 0.4) is 0 Å². The first-order valence-electron chi connectivity index (χ1n) is 7.68. The maximum absolute atomic E-state index is 11.8. The molecule has 0 heterocycles. The van der Waals surface area contributed by atoms with Gasteiger partial charge < -0.3 is 15.7 Å². The lowest BCUT2D eigenvalue weighted by Gasteiger charge is -2.18. The smallest absolute Gasteiger partial charge is 0.315 e. The van der Waals surface area contributed by atoms with E-state index in [0.717, 1.165) is 25.2 Å². The van der Waals surface area contributed by atoms with Crippen LogP contribution in [-0.2, 0) is 4.79 Å². The zero-order valence-corrected chi connectivity index (χ0v) is 12.8. The molecule has 0 aromatic rings. The van der Waals surface area contributed by atoms with Crippen LogP contribution in [0.1, 0.15) is 59.3 Å². The first-order chi connectivity index (χ1) is 9.38. The van der Waals surface area contributed by atoms with Gasteiger partial charge in [0.1, 0.15) is 0 Å². The molecule has 5 nitrogen and oxygen atoms in total. The Morgan fingerprint density at radius 2 is 1.70 bits per heavy atom. The molecule has 20 heavy (non-hydrogen) atoms. The maximum atomic E-state index is 11.8. The standard InChI is InChI=1S/C15H28N2O3/c1-10(14(18)19)5-4-6-11(2)16-15(20)17-12(3)9-13-7-8-13/h10-13H,4-9H2,1-3H3,(H,18,19)(H2,16,17,20). The Bertz CT molecular complexity index is 329. The van der Waals surface area contributed by atoms with E-state index in [1.165, 1.54) is 12.8 Å². The molecule has 0 aliphatic heterocycles. The number of aliphatic carboxylic acids is 1. The molecule has 1 saturated carbocycles. The monoisotopic (exact) mass is 284 g/mol. The van der Waals surface area contributed by atoms with Crippen LogP contribution in [0, 0.1) is 11.8 Å². The number of carbonyl (C=O) groups excluding carboxylic acids is 1. The fraction of sp³-hybridized carbons (Fsp3) is 0.867. The van der Waals surface area contributed by atoms with Crippen molar-refractivity contribution in [2.24, 2.45) is 11.8 Å². The van der Waals surface area contributed by atoms with E-state index in [9.17, 15) is 9.59 Å². The third kappa shape index (κ3) is 7.36. The maximum Gasteiger partial charge on any atom is 0.315 e. The number of hydrogen-bond acceptors (Lipinski definition) is 2. The van der Waals surface area contributed by atoms with Crippen molar-refractivity contribution < 1.29 is 14.7 Å². The summed E-state index contributed by atoms with van der Waals surface area (Å²) >= 11 is 0. The van der Waals surface area contributed by atoms with Gasteiger partial charge in [-0.1, -0.05) is 26.2 Å². The summed E-state index contributed by atoms with van der Waals surface area (Å²) in [5.74, 6) is -0.257. The number of nitrogens with one attached hydrogen (secondary N) is 2. The number of carboxylic acids is 1. The van der Waals surface area contributed by atoms with E-state index in [1.807, 2.05) is 13.8 Å². The van der Waals surface area contributed by atoms with Crippen molar-refractivity contribution in [2.75, 3.05) is 0 Å². The van der Waals surface area contributed by atoms with Gasteiger partial charge in [0.25, 0.3) is 0 Å². The van der Waals surface area contributed by atoms with Crippen molar-refractivity contribution >= 4 is 12.0 Å².